The van der Waals surface area contributed by atoms with Crippen molar-refractivity contribution in [3.05, 3.63) is 81.9 Å². The Hall–Kier alpha value is -3.83. The summed E-state index contributed by atoms with van der Waals surface area (Å²) in [6, 6.07) is 15.8. The molecule has 1 heterocycles. The van der Waals surface area contributed by atoms with E-state index >= 15 is 0 Å². The van der Waals surface area contributed by atoms with E-state index in [0.717, 1.165) is 22.5 Å². The van der Waals surface area contributed by atoms with Gasteiger partial charge in [-0.15, -0.1) is 0 Å². The summed E-state index contributed by atoms with van der Waals surface area (Å²) in [4.78, 5) is 22.9. The standard InChI is InChI=1S/C21H16ClN3O7S/c22-17-8-7-16(11-18(17)25(27)28)33(29,30)24(15-4-2-1-3-5-15)12-21(26)23-14-6-9-19-20(10-14)32-13-31-19/h1-11H,12-13H2,(H,23,26). The largest absolute Gasteiger partial charge is 0.454 e. The van der Waals surface area contributed by atoms with Crippen LogP contribution in [0.25, 0.3) is 0 Å². The van der Waals surface area contributed by atoms with Crippen LogP contribution in [0.3, 0.4) is 0 Å². The van der Waals surface area contributed by atoms with Gasteiger partial charge >= 0.3 is 0 Å². The summed E-state index contributed by atoms with van der Waals surface area (Å²) in [5.41, 5.74) is 0.0308. The van der Waals surface area contributed by atoms with Gasteiger partial charge in [-0.05, 0) is 36.4 Å². The molecule has 0 saturated carbocycles. The number of para-hydroxylation sites is 1. The maximum atomic E-state index is 13.4. The number of anilines is 2. The fraction of sp³-hybridized carbons (Fsp3) is 0.0952. The lowest BCUT2D eigenvalue weighted by Crippen LogP contribution is -2.38. The number of ether oxygens (including phenoxy) is 2. The molecule has 0 saturated heterocycles. The number of nitro benzene ring substituents is 1. The van der Waals surface area contributed by atoms with Gasteiger partial charge in [-0.1, -0.05) is 29.8 Å². The van der Waals surface area contributed by atoms with E-state index in [0.29, 0.717) is 17.2 Å². The number of amides is 1. The average molecular weight is 490 g/mol. The van der Waals surface area contributed by atoms with Crippen molar-refractivity contribution >= 4 is 44.6 Å². The van der Waals surface area contributed by atoms with Gasteiger partial charge in [-0.2, -0.15) is 0 Å². The summed E-state index contributed by atoms with van der Waals surface area (Å²) in [5, 5.41) is 13.7. The summed E-state index contributed by atoms with van der Waals surface area (Å²) in [5.74, 6) is 0.351. The number of carbonyl (C=O) groups excluding carboxylic acids is 1. The molecule has 0 aromatic heterocycles. The molecule has 33 heavy (non-hydrogen) atoms. The molecular formula is C21H16ClN3O7S. The number of nitrogens with zero attached hydrogens (tertiary/aromatic N) is 2. The van der Waals surface area contributed by atoms with Gasteiger partial charge in [0.2, 0.25) is 12.7 Å². The molecule has 1 aliphatic rings. The number of halogens is 1. The molecule has 0 spiro atoms. The zero-order valence-corrected chi connectivity index (χ0v) is 18.4. The second-order valence-corrected chi connectivity index (χ2v) is 9.10. The van der Waals surface area contributed by atoms with Crippen molar-refractivity contribution in [3.8, 4) is 11.5 Å². The molecule has 4 rings (SSSR count). The Kier molecular flexibility index (Phi) is 6.07. The summed E-state index contributed by atoms with van der Waals surface area (Å²) in [6.45, 7) is -0.517. The van der Waals surface area contributed by atoms with Crippen molar-refractivity contribution in [2.45, 2.75) is 4.90 Å². The molecule has 0 fully saturated rings. The van der Waals surface area contributed by atoms with Gasteiger partial charge in [0.05, 0.1) is 15.5 Å². The van der Waals surface area contributed by atoms with Crippen molar-refractivity contribution < 1.29 is 27.6 Å². The van der Waals surface area contributed by atoms with E-state index in [4.69, 9.17) is 21.1 Å². The highest BCUT2D eigenvalue weighted by Crippen LogP contribution is 2.34. The lowest BCUT2D eigenvalue weighted by molar-refractivity contribution is -0.384. The monoisotopic (exact) mass is 489 g/mol. The third kappa shape index (κ3) is 4.69. The Balaban J connectivity index is 1.65. The molecule has 0 atom stereocenters. The van der Waals surface area contributed by atoms with Gasteiger partial charge in [0, 0.05) is 17.8 Å². The molecule has 0 aliphatic carbocycles. The maximum Gasteiger partial charge on any atom is 0.289 e. The Bertz CT molecular complexity index is 1330. The average Bonchev–Trinajstić information content (AvgIpc) is 3.26. The summed E-state index contributed by atoms with van der Waals surface area (Å²) in [6.07, 6.45) is 0. The van der Waals surface area contributed by atoms with Crippen molar-refractivity contribution in [1.29, 1.82) is 0 Å². The predicted octanol–water partition coefficient (Wildman–Crippen LogP) is 3.81. The minimum Gasteiger partial charge on any atom is -0.454 e. The van der Waals surface area contributed by atoms with Gasteiger partial charge in [0.15, 0.2) is 11.5 Å². The normalized spacial score (nSPS) is 12.3. The molecule has 0 radical (unpaired) electrons. The zero-order chi connectivity index (χ0) is 23.6. The number of fused-ring (bicyclic) bond motifs is 1. The Labute approximate surface area is 193 Å². The number of rotatable bonds is 7. The molecule has 1 aliphatic heterocycles. The van der Waals surface area contributed by atoms with Crippen LogP contribution in [0.1, 0.15) is 0 Å². The number of sulfonamides is 1. The molecular weight excluding hydrogens is 474 g/mol. The molecule has 3 aromatic carbocycles. The van der Waals surface area contributed by atoms with Crippen molar-refractivity contribution in [3.63, 3.8) is 0 Å². The lowest BCUT2D eigenvalue weighted by Gasteiger charge is -2.24. The second-order valence-electron chi connectivity index (χ2n) is 6.83. The van der Waals surface area contributed by atoms with Crippen LogP contribution in [-0.4, -0.2) is 32.6 Å². The van der Waals surface area contributed by atoms with Crippen LogP contribution in [0.5, 0.6) is 11.5 Å². The van der Waals surface area contributed by atoms with Crippen molar-refractivity contribution in [1.82, 2.24) is 0 Å². The van der Waals surface area contributed by atoms with Crippen LogP contribution in [0.15, 0.2) is 71.6 Å². The van der Waals surface area contributed by atoms with Gasteiger partial charge in [0.25, 0.3) is 15.7 Å². The highest BCUT2D eigenvalue weighted by Gasteiger charge is 2.29. The van der Waals surface area contributed by atoms with E-state index in [1.807, 2.05) is 0 Å². The highest BCUT2D eigenvalue weighted by molar-refractivity contribution is 7.92. The molecule has 12 heteroatoms. The summed E-state index contributed by atoms with van der Waals surface area (Å²) >= 11 is 5.82. The summed E-state index contributed by atoms with van der Waals surface area (Å²) in [7, 11) is -4.36. The molecule has 1 amide bonds. The minimum atomic E-state index is -4.36. The van der Waals surface area contributed by atoms with Crippen LogP contribution in [0, 0.1) is 10.1 Å². The fourth-order valence-electron chi connectivity index (χ4n) is 3.13. The first-order valence-corrected chi connectivity index (χ1v) is 11.3. The van der Waals surface area contributed by atoms with Gasteiger partial charge < -0.3 is 14.8 Å². The smallest absolute Gasteiger partial charge is 0.289 e. The topological polar surface area (TPSA) is 128 Å². The quantitative estimate of drug-likeness (QED) is 0.394. The second kappa shape index (κ2) is 8.96. The zero-order valence-electron chi connectivity index (χ0n) is 16.8. The van der Waals surface area contributed by atoms with Crippen LogP contribution in [-0.2, 0) is 14.8 Å². The van der Waals surface area contributed by atoms with E-state index in [2.05, 4.69) is 5.32 Å². The number of carbonyl (C=O) groups is 1. The van der Waals surface area contributed by atoms with Crippen LogP contribution in [0.2, 0.25) is 5.02 Å². The van der Waals surface area contributed by atoms with Gasteiger partial charge in [-0.3, -0.25) is 19.2 Å². The maximum absolute atomic E-state index is 13.4. The van der Waals surface area contributed by atoms with Crippen LogP contribution >= 0.6 is 11.6 Å². The van der Waals surface area contributed by atoms with Crippen molar-refractivity contribution in [2.75, 3.05) is 23.0 Å². The Morgan fingerprint density at radius 2 is 1.79 bits per heavy atom. The van der Waals surface area contributed by atoms with E-state index in [1.165, 1.54) is 12.1 Å². The SMILES string of the molecule is O=C(CN(c1ccccc1)S(=O)(=O)c1ccc(Cl)c([N+](=O)[O-])c1)Nc1ccc2c(c1)OCO2. The number of nitrogens with one attached hydrogen (secondary N) is 1. The highest BCUT2D eigenvalue weighted by atomic mass is 35.5. The summed E-state index contributed by atoms with van der Waals surface area (Å²) < 4.78 is 38.2. The lowest BCUT2D eigenvalue weighted by atomic mass is 10.2. The molecule has 170 valence electrons. The third-order valence-corrected chi connectivity index (χ3v) is 6.78. The van der Waals surface area contributed by atoms with E-state index < -0.39 is 33.1 Å². The fourth-order valence-corrected chi connectivity index (χ4v) is 4.76. The third-order valence-electron chi connectivity index (χ3n) is 4.69. The number of nitro groups is 1. The molecule has 10 nitrogen and oxygen atoms in total. The molecule has 0 bridgehead atoms. The van der Waals surface area contributed by atoms with E-state index in [9.17, 15) is 23.3 Å². The molecule has 3 aromatic rings. The van der Waals surface area contributed by atoms with Crippen LogP contribution in [0.4, 0.5) is 17.1 Å². The first-order valence-electron chi connectivity index (χ1n) is 9.47. The van der Waals surface area contributed by atoms with Gasteiger partial charge in [-0.25, -0.2) is 8.42 Å². The Morgan fingerprint density at radius 3 is 2.52 bits per heavy atom. The number of hydrogen-bond acceptors (Lipinski definition) is 7. The number of benzene rings is 3. The first-order chi connectivity index (χ1) is 15.8. The Morgan fingerprint density at radius 1 is 1.06 bits per heavy atom. The predicted molar refractivity (Wildman–Crippen MR) is 120 cm³/mol. The number of hydrogen-bond donors (Lipinski definition) is 1. The molecule has 1 N–H and O–H groups in total. The molecule has 0 unspecified atom stereocenters. The van der Waals surface area contributed by atoms with E-state index in [1.54, 1.807) is 36.4 Å². The van der Waals surface area contributed by atoms with Gasteiger partial charge in [0.1, 0.15) is 11.6 Å². The first kappa shape index (κ1) is 22.4. The van der Waals surface area contributed by atoms with Crippen molar-refractivity contribution in [2.24, 2.45) is 0 Å². The van der Waals surface area contributed by atoms with Crippen LogP contribution < -0.4 is 19.1 Å². The minimum absolute atomic E-state index is 0.0694. The van der Waals surface area contributed by atoms with E-state index in [-0.39, 0.29) is 22.4 Å².